The van der Waals surface area contributed by atoms with Gasteiger partial charge in [0.2, 0.25) is 15.9 Å². The fraction of sp³-hybridized carbons (Fsp3) is 0.524. The highest BCUT2D eigenvalue weighted by atomic mass is 32.2. The fourth-order valence-electron chi connectivity index (χ4n) is 3.73. The van der Waals surface area contributed by atoms with Gasteiger partial charge in [-0.3, -0.25) is 9.48 Å². The SMILES string of the molecule is Cc1nn(CC(=O)Nc2ccc(C(C)C)cc2)c(C)c1S(=O)(=O)N1CCCCC1. The van der Waals surface area contributed by atoms with Gasteiger partial charge in [0.25, 0.3) is 0 Å². The number of aryl methyl sites for hydroxylation is 1. The molecule has 2 heterocycles. The van der Waals surface area contributed by atoms with E-state index >= 15 is 0 Å². The molecule has 0 aliphatic carbocycles. The van der Waals surface area contributed by atoms with Crippen molar-refractivity contribution < 1.29 is 13.2 Å². The third-order valence-corrected chi connectivity index (χ3v) is 7.53. The number of benzene rings is 1. The zero-order valence-electron chi connectivity index (χ0n) is 17.6. The van der Waals surface area contributed by atoms with Gasteiger partial charge >= 0.3 is 0 Å². The average Bonchev–Trinajstić information content (AvgIpc) is 2.96. The normalized spacial score (nSPS) is 15.6. The van der Waals surface area contributed by atoms with Crippen LogP contribution in [-0.4, -0.2) is 41.5 Å². The number of amides is 1. The van der Waals surface area contributed by atoms with Gasteiger partial charge in [0.15, 0.2) is 0 Å². The summed E-state index contributed by atoms with van der Waals surface area (Å²) in [6.07, 6.45) is 2.81. The second-order valence-electron chi connectivity index (χ2n) is 7.95. The molecule has 1 aromatic heterocycles. The highest BCUT2D eigenvalue weighted by Crippen LogP contribution is 2.26. The van der Waals surface area contributed by atoms with E-state index < -0.39 is 10.0 Å². The minimum absolute atomic E-state index is 0.0336. The van der Waals surface area contributed by atoms with Crippen LogP contribution in [0.15, 0.2) is 29.2 Å². The molecule has 1 amide bonds. The zero-order valence-corrected chi connectivity index (χ0v) is 18.4. The molecule has 1 aliphatic rings. The number of nitrogens with one attached hydrogen (secondary N) is 1. The number of carbonyl (C=O) groups excluding carboxylic acids is 1. The van der Waals surface area contributed by atoms with Crippen molar-refractivity contribution in [3.63, 3.8) is 0 Å². The van der Waals surface area contributed by atoms with Gasteiger partial charge in [-0.25, -0.2) is 8.42 Å². The van der Waals surface area contributed by atoms with Gasteiger partial charge < -0.3 is 5.32 Å². The Labute approximate surface area is 173 Å². The molecule has 8 heteroatoms. The lowest BCUT2D eigenvalue weighted by Gasteiger charge is -2.25. The molecule has 0 bridgehead atoms. The van der Waals surface area contributed by atoms with Gasteiger partial charge in [0.1, 0.15) is 11.4 Å². The molecule has 29 heavy (non-hydrogen) atoms. The van der Waals surface area contributed by atoms with Crippen LogP contribution in [0.3, 0.4) is 0 Å². The van der Waals surface area contributed by atoms with Gasteiger partial charge in [-0.05, 0) is 50.3 Å². The first-order valence-electron chi connectivity index (χ1n) is 10.1. The molecule has 0 atom stereocenters. The number of carbonyl (C=O) groups is 1. The minimum Gasteiger partial charge on any atom is -0.324 e. The van der Waals surface area contributed by atoms with Crippen molar-refractivity contribution in [1.29, 1.82) is 0 Å². The standard InChI is InChI=1S/C21H30N4O3S/c1-15(2)18-8-10-19(11-9-18)22-20(26)14-25-17(4)21(16(3)23-25)29(27,28)24-12-6-5-7-13-24/h8-11,15H,5-7,12-14H2,1-4H3,(H,22,26). The first-order valence-corrected chi connectivity index (χ1v) is 11.6. The smallest absolute Gasteiger partial charge is 0.246 e. The van der Waals surface area contributed by atoms with Crippen molar-refractivity contribution in [3.05, 3.63) is 41.2 Å². The molecule has 0 radical (unpaired) electrons. The highest BCUT2D eigenvalue weighted by molar-refractivity contribution is 7.89. The molecular formula is C21H30N4O3S. The molecule has 0 saturated carbocycles. The maximum Gasteiger partial charge on any atom is 0.246 e. The Morgan fingerprint density at radius 1 is 1.10 bits per heavy atom. The maximum absolute atomic E-state index is 13.1. The highest BCUT2D eigenvalue weighted by Gasteiger charge is 2.32. The summed E-state index contributed by atoms with van der Waals surface area (Å²) in [5.74, 6) is 0.185. The van der Waals surface area contributed by atoms with Crippen molar-refractivity contribution in [2.75, 3.05) is 18.4 Å². The van der Waals surface area contributed by atoms with Crippen LogP contribution in [0.5, 0.6) is 0 Å². The van der Waals surface area contributed by atoms with Gasteiger partial charge in [-0.1, -0.05) is 32.4 Å². The van der Waals surface area contributed by atoms with Crippen LogP contribution in [0.2, 0.25) is 0 Å². The first-order chi connectivity index (χ1) is 13.7. The summed E-state index contributed by atoms with van der Waals surface area (Å²) in [6, 6.07) is 7.74. The number of anilines is 1. The average molecular weight is 419 g/mol. The van der Waals surface area contributed by atoms with Crippen molar-refractivity contribution >= 4 is 21.6 Å². The van der Waals surface area contributed by atoms with Crippen molar-refractivity contribution in [1.82, 2.24) is 14.1 Å². The van der Waals surface area contributed by atoms with Gasteiger partial charge in [-0.2, -0.15) is 9.40 Å². The summed E-state index contributed by atoms with van der Waals surface area (Å²) in [7, 11) is -3.59. The monoisotopic (exact) mass is 418 g/mol. The molecule has 1 aliphatic heterocycles. The van der Waals surface area contributed by atoms with E-state index in [2.05, 4.69) is 24.3 Å². The number of rotatable bonds is 6. The van der Waals surface area contributed by atoms with Crippen LogP contribution in [0.25, 0.3) is 0 Å². The predicted octanol–water partition coefficient (Wildman–Crippen LogP) is 3.44. The second-order valence-corrected chi connectivity index (χ2v) is 9.82. The van der Waals surface area contributed by atoms with Crippen LogP contribution in [0, 0.1) is 13.8 Å². The Morgan fingerprint density at radius 3 is 2.31 bits per heavy atom. The Hall–Kier alpha value is -2.19. The molecule has 0 spiro atoms. The van der Waals surface area contributed by atoms with E-state index in [9.17, 15) is 13.2 Å². The van der Waals surface area contributed by atoms with E-state index in [1.807, 2.05) is 24.3 Å². The Morgan fingerprint density at radius 2 is 1.72 bits per heavy atom. The molecule has 1 N–H and O–H groups in total. The molecular weight excluding hydrogens is 388 g/mol. The Balaban J connectivity index is 1.75. The van der Waals surface area contributed by atoms with Gasteiger partial charge in [-0.15, -0.1) is 0 Å². The quantitative estimate of drug-likeness (QED) is 0.779. The van der Waals surface area contributed by atoms with Crippen LogP contribution in [0.4, 0.5) is 5.69 Å². The Kier molecular flexibility index (Phi) is 6.43. The summed E-state index contributed by atoms with van der Waals surface area (Å²) in [6.45, 7) is 8.68. The number of piperidine rings is 1. The summed E-state index contributed by atoms with van der Waals surface area (Å²) >= 11 is 0. The van der Waals surface area contributed by atoms with Crippen LogP contribution >= 0.6 is 0 Å². The molecule has 1 saturated heterocycles. The van der Waals surface area contributed by atoms with Crippen LogP contribution < -0.4 is 5.32 Å². The van der Waals surface area contributed by atoms with E-state index in [0.29, 0.717) is 36.1 Å². The molecule has 2 aromatic rings. The van der Waals surface area contributed by atoms with Gasteiger partial charge in [0.05, 0.1) is 11.4 Å². The van der Waals surface area contributed by atoms with E-state index in [-0.39, 0.29) is 17.3 Å². The maximum atomic E-state index is 13.1. The largest absolute Gasteiger partial charge is 0.324 e. The lowest BCUT2D eigenvalue weighted by molar-refractivity contribution is -0.116. The number of sulfonamides is 1. The van der Waals surface area contributed by atoms with Crippen LogP contribution in [0.1, 0.15) is 56.0 Å². The second kappa shape index (κ2) is 8.67. The predicted molar refractivity (Wildman–Crippen MR) is 113 cm³/mol. The Bertz CT molecular complexity index is 972. The summed E-state index contributed by atoms with van der Waals surface area (Å²) in [5, 5.41) is 7.20. The summed E-state index contributed by atoms with van der Waals surface area (Å²) in [4.78, 5) is 12.7. The number of aromatic nitrogens is 2. The minimum atomic E-state index is -3.59. The molecule has 7 nitrogen and oxygen atoms in total. The lowest BCUT2D eigenvalue weighted by Crippen LogP contribution is -2.36. The molecule has 1 fully saturated rings. The van der Waals surface area contributed by atoms with Gasteiger partial charge in [0, 0.05) is 18.8 Å². The molecule has 0 unspecified atom stereocenters. The topological polar surface area (TPSA) is 84.3 Å². The fourth-order valence-corrected chi connectivity index (χ4v) is 5.62. The summed E-state index contributed by atoms with van der Waals surface area (Å²) < 4.78 is 29.2. The van der Waals surface area contributed by atoms with Crippen molar-refractivity contribution in [2.45, 2.75) is 64.3 Å². The third kappa shape index (κ3) is 4.70. The number of nitrogens with zero attached hydrogens (tertiary/aromatic N) is 3. The van der Waals surface area contributed by atoms with Crippen molar-refractivity contribution in [2.24, 2.45) is 0 Å². The van der Waals surface area contributed by atoms with E-state index in [1.165, 1.54) is 14.6 Å². The van der Waals surface area contributed by atoms with E-state index in [0.717, 1.165) is 19.3 Å². The van der Waals surface area contributed by atoms with E-state index in [1.54, 1.807) is 13.8 Å². The first kappa shape index (κ1) is 21.5. The lowest BCUT2D eigenvalue weighted by atomic mass is 10.0. The molecule has 1 aromatic carbocycles. The van der Waals surface area contributed by atoms with Crippen molar-refractivity contribution in [3.8, 4) is 0 Å². The number of hydrogen-bond acceptors (Lipinski definition) is 4. The third-order valence-electron chi connectivity index (χ3n) is 5.38. The number of hydrogen-bond donors (Lipinski definition) is 1. The van der Waals surface area contributed by atoms with E-state index in [4.69, 9.17) is 0 Å². The molecule has 3 rings (SSSR count). The zero-order chi connectivity index (χ0) is 21.2. The summed E-state index contributed by atoms with van der Waals surface area (Å²) in [5.41, 5.74) is 2.84. The van der Waals surface area contributed by atoms with Crippen LogP contribution in [-0.2, 0) is 21.4 Å². The molecule has 158 valence electrons.